The summed E-state index contributed by atoms with van der Waals surface area (Å²) in [5, 5.41) is 2.98. The van der Waals surface area contributed by atoms with Crippen LogP contribution in [0.15, 0.2) is 36.5 Å². The molecule has 1 aromatic carbocycles. The molecule has 92 valence electrons. The Hall–Kier alpha value is -2.21. The number of anilines is 1. The lowest BCUT2D eigenvalue weighted by molar-refractivity contribution is 0.0606. The topological polar surface area (TPSA) is 68.3 Å². The van der Waals surface area contributed by atoms with Gasteiger partial charge in [0.1, 0.15) is 4.88 Å². The number of carbonyl (C=O) groups excluding carboxylic acids is 2. The first-order chi connectivity index (χ1) is 8.70. The molecule has 1 amide bonds. The molecule has 18 heavy (non-hydrogen) atoms. The van der Waals surface area contributed by atoms with Gasteiger partial charge in [-0.1, -0.05) is 29.5 Å². The van der Waals surface area contributed by atoms with Crippen molar-refractivity contribution in [3.8, 4) is 0 Å². The number of hydrogen-bond acceptors (Lipinski definition) is 5. The van der Waals surface area contributed by atoms with Gasteiger partial charge in [-0.25, -0.2) is 9.78 Å². The first-order valence-electron chi connectivity index (χ1n) is 5.11. The maximum absolute atomic E-state index is 11.8. The molecule has 1 aromatic heterocycles. The van der Waals surface area contributed by atoms with Crippen LogP contribution in [0.25, 0.3) is 0 Å². The fourth-order valence-electron chi connectivity index (χ4n) is 1.29. The lowest BCUT2D eigenvalue weighted by Crippen LogP contribution is -2.11. The van der Waals surface area contributed by atoms with Gasteiger partial charge in [0.05, 0.1) is 13.3 Å². The highest BCUT2D eigenvalue weighted by atomic mass is 32.1. The molecule has 0 spiro atoms. The van der Waals surface area contributed by atoms with Crippen LogP contribution in [0.5, 0.6) is 0 Å². The van der Waals surface area contributed by atoms with Crippen LogP contribution in [-0.2, 0) is 4.74 Å². The van der Waals surface area contributed by atoms with Gasteiger partial charge in [0.25, 0.3) is 5.91 Å². The van der Waals surface area contributed by atoms with Crippen molar-refractivity contribution in [2.75, 3.05) is 12.4 Å². The van der Waals surface area contributed by atoms with Crippen LogP contribution in [0.4, 0.5) is 5.13 Å². The Morgan fingerprint density at radius 3 is 2.67 bits per heavy atom. The van der Waals surface area contributed by atoms with Gasteiger partial charge >= 0.3 is 5.97 Å². The number of amides is 1. The average Bonchev–Trinajstić information content (AvgIpc) is 2.87. The van der Waals surface area contributed by atoms with Gasteiger partial charge in [-0.3, -0.25) is 10.1 Å². The molecule has 6 heteroatoms. The summed E-state index contributed by atoms with van der Waals surface area (Å²) in [5.41, 5.74) is 0.535. The van der Waals surface area contributed by atoms with Crippen molar-refractivity contribution in [3.63, 3.8) is 0 Å². The van der Waals surface area contributed by atoms with E-state index in [9.17, 15) is 9.59 Å². The van der Waals surface area contributed by atoms with E-state index in [2.05, 4.69) is 15.0 Å². The van der Waals surface area contributed by atoms with Gasteiger partial charge < -0.3 is 4.74 Å². The number of methoxy groups -OCH3 is 1. The maximum atomic E-state index is 11.8. The third-order valence-electron chi connectivity index (χ3n) is 2.15. The molecule has 0 bridgehead atoms. The van der Waals surface area contributed by atoms with Crippen molar-refractivity contribution in [2.45, 2.75) is 0 Å². The summed E-state index contributed by atoms with van der Waals surface area (Å²) in [7, 11) is 1.30. The molecular weight excluding hydrogens is 252 g/mol. The molecule has 2 aromatic rings. The van der Waals surface area contributed by atoms with Crippen molar-refractivity contribution in [3.05, 3.63) is 47.0 Å². The summed E-state index contributed by atoms with van der Waals surface area (Å²) in [5.74, 6) is -0.728. The van der Waals surface area contributed by atoms with Crippen LogP contribution >= 0.6 is 11.3 Å². The molecule has 0 aliphatic heterocycles. The Kier molecular flexibility index (Phi) is 3.69. The van der Waals surface area contributed by atoms with Crippen LogP contribution in [0, 0.1) is 0 Å². The molecule has 0 fully saturated rings. The van der Waals surface area contributed by atoms with Gasteiger partial charge in [-0.2, -0.15) is 0 Å². The lowest BCUT2D eigenvalue weighted by atomic mass is 10.2. The van der Waals surface area contributed by atoms with Gasteiger partial charge in [-0.15, -0.1) is 0 Å². The monoisotopic (exact) mass is 262 g/mol. The molecule has 0 unspecified atom stereocenters. The van der Waals surface area contributed by atoms with Crippen molar-refractivity contribution in [1.29, 1.82) is 0 Å². The number of hydrogen-bond donors (Lipinski definition) is 1. The number of esters is 1. The SMILES string of the molecule is COC(=O)c1cnc(NC(=O)c2ccccc2)s1. The highest BCUT2D eigenvalue weighted by Gasteiger charge is 2.12. The Bertz CT molecular complexity index is 566. The van der Waals surface area contributed by atoms with Crippen LogP contribution in [0.1, 0.15) is 20.0 Å². The van der Waals surface area contributed by atoms with Crippen molar-refractivity contribution in [2.24, 2.45) is 0 Å². The predicted molar refractivity (Wildman–Crippen MR) is 67.8 cm³/mol. The summed E-state index contributed by atoms with van der Waals surface area (Å²) >= 11 is 1.07. The predicted octanol–water partition coefficient (Wildman–Crippen LogP) is 2.18. The third kappa shape index (κ3) is 2.72. The van der Waals surface area contributed by atoms with Crippen LogP contribution in [-0.4, -0.2) is 24.0 Å². The van der Waals surface area contributed by atoms with E-state index in [4.69, 9.17) is 0 Å². The second kappa shape index (κ2) is 5.42. The van der Waals surface area contributed by atoms with E-state index >= 15 is 0 Å². The Morgan fingerprint density at radius 1 is 1.28 bits per heavy atom. The molecular formula is C12H10N2O3S. The first kappa shape index (κ1) is 12.3. The van der Waals surface area contributed by atoms with Crippen molar-refractivity contribution < 1.29 is 14.3 Å². The Labute approximate surface area is 107 Å². The minimum atomic E-state index is -0.465. The molecule has 0 saturated carbocycles. The number of ether oxygens (including phenoxy) is 1. The fraction of sp³-hybridized carbons (Fsp3) is 0.0833. The average molecular weight is 262 g/mol. The normalized spacial score (nSPS) is 9.83. The number of benzene rings is 1. The van der Waals surface area contributed by atoms with Crippen LogP contribution in [0.2, 0.25) is 0 Å². The van der Waals surface area contributed by atoms with E-state index in [1.165, 1.54) is 13.3 Å². The molecule has 0 aliphatic carbocycles. The van der Waals surface area contributed by atoms with Gasteiger partial charge in [-0.05, 0) is 12.1 Å². The van der Waals surface area contributed by atoms with Crippen LogP contribution in [0.3, 0.4) is 0 Å². The number of rotatable bonds is 3. The zero-order valence-electron chi connectivity index (χ0n) is 9.54. The number of nitrogens with one attached hydrogen (secondary N) is 1. The van der Waals surface area contributed by atoms with E-state index in [1.54, 1.807) is 24.3 Å². The quantitative estimate of drug-likeness (QED) is 0.861. The zero-order chi connectivity index (χ0) is 13.0. The lowest BCUT2D eigenvalue weighted by Gasteiger charge is -2.00. The third-order valence-corrected chi connectivity index (χ3v) is 3.04. The second-order valence-corrected chi connectivity index (χ2v) is 4.37. The van der Waals surface area contributed by atoms with E-state index in [1.807, 2.05) is 6.07 Å². The largest absolute Gasteiger partial charge is 0.465 e. The highest BCUT2D eigenvalue weighted by Crippen LogP contribution is 2.19. The number of thiazole rings is 1. The Balaban J connectivity index is 2.08. The standard InChI is InChI=1S/C12H10N2O3S/c1-17-11(16)9-7-13-12(18-9)14-10(15)8-5-3-2-4-6-8/h2-7H,1H3,(H,13,14,15). The summed E-state index contributed by atoms with van der Waals surface area (Å²) in [6.45, 7) is 0. The Morgan fingerprint density at radius 2 is 2.00 bits per heavy atom. The van der Waals surface area contributed by atoms with Crippen LogP contribution < -0.4 is 5.32 Å². The highest BCUT2D eigenvalue weighted by molar-refractivity contribution is 7.17. The van der Waals surface area contributed by atoms with Gasteiger partial charge in [0, 0.05) is 5.56 Å². The molecule has 0 saturated heterocycles. The van der Waals surface area contributed by atoms with E-state index in [0.717, 1.165) is 11.3 Å². The maximum Gasteiger partial charge on any atom is 0.349 e. The van der Waals surface area contributed by atoms with E-state index < -0.39 is 5.97 Å². The first-order valence-corrected chi connectivity index (χ1v) is 5.93. The number of aromatic nitrogens is 1. The molecule has 0 atom stereocenters. The summed E-state index contributed by atoms with van der Waals surface area (Å²) in [4.78, 5) is 27.3. The molecule has 5 nitrogen and oxygen atoms in total. The molecule has 2 rings (SSSR count). The molecule has 1 heterocycles. The molecule has 0 aliphatic rings. The smallest absolute Gasteiger partial charge is 0.349 e. The number of nitrogens with zero attached hydrogens (tertiary/aromatic N) is 1. The molecule has 1 N–H and O–H groups in total. The minimum Gasteiger partial charge on any atom is -0.465 e. The minimum absolute atomic E-state index is 0.263. The van der Waals surface area contributed by atoms with Gasteiger partial charge in [0.15, 0.2) is 5.13 Å². The summed E-state index contributed by atoms with van der Waals surface area (Å²) in [6.07, 6.45) is 1.37. The second-order valence-electron chi connectivity index (χ2n) is 3.34. The fourth-order valence-corrected chi connectivity index (χ4v) is 2.02. The number of carbonyl (C=O) groups is 2. The summed E-state index contributed by atoms with van der Waals surface area (Å²) < 4.78 is 4.56. The van der Waals surface area contributed by atoms with E-state index in [0.29, 0.717) is 15.6 Å². The van der Waals surface area contributed by atoms with E-state index in [-0.39, 0.29) is 5.91 Å². The van der Waals surface area contributed by atoms with Crippen molar-refractivity contribution in [1.82, 2.24) is 4.98 Å². The van der Waals surface area contributed by atoms with Gasteiger partial charge in [0.2, 0.25) is 0 Å². The summed E-state index contributed by atoms with van der Waals surface area (Å²) in [6, 6.07) is 8.77. The van der Waals surface area contributed by atoms with Crippen molar-refractivity contribution >= 4 is 28.3 Å². The zero-order valence-corrected chi connectivity index (χ0v) is 10.4. The molecule has 0 radical (unpaired) electrons.